The van der Waals surface area contributed by atoms with Crippen LogP contribution in [-0.4, -0.2) is 28.8 Å². The molecule has 1 aliphatic heterocycles. The Kier molecular flexibility index (Phi) is 4.09. The number of amidine groups is 1. The van der Waals surface area contributed by atoms with Gasteiger partial charge in [0.1, 0.15) is 11.6 Å². The van der Waals surface area contributed by atoms with Gasteiger partial charge in [0.05, 0.1) is 11.6 Å². The third-order valence-electron chi connectivity index (χ3n) is 5.36. The lowest BCUT2D eigenvalue weighted by Gasteiger charge is -2.25. The summed E-state index contributed by atoms with van der Waals surface area (Å²) in [5.74, 6) is 0.756. The first-order chi connectivity index (χ1) is 11.6. The molecule has 3 aliphatic rings. The number of carbonyl (C=O) groups is 1. The number of allylic oxidation sites excluding steroid dienone is 1. The number of hydrogen-bond acceptors (Lipinski definition) is 4. The highest BCUT2D eigenvalue weighted by Gasteiger charge is 2.37. The number of halogens is 1. The molecule has 2 aliphatic carbocycles. The normalized spacial score (nSPS) is 30.0. The molecule has 4 rings (SSSR count). The number of carbonyl (C=O) groups excluding carboxylic acids is 1. The molecule has 0 saturated heterocycles. The molecule has 2 N–H and O–H groups in total. The minimum absolute atomic E-state index is 0.00259. The molecule has 0 spiro atoms. The van der Waals surface area contributed by atoms with Gasteiger partial charge in [-0.3, -0.25) is 9.79 Å². The van der Waals surface area contributed by atoms with Crippen LogP contribution in [0.4, 0.5) is 0 Å². The third kappa shape index (κ3) is 2.84. The molecule has 1 aromatic rings. The van der Waals surface area contributed by atoms with Crippen molar-refractivity contribution in [2.75, 3.05) is 0 Å². The first-order valence-electron chi connectivity index (χ1n) is 8.67. The predicted octanol–water partition coefficient (Wildman–Crippen LogP) is 3.91. The maximum absolute atomic E-state index is 12.7. The summed E-state index contributed by atoms with van der Waals surface area (Å²) in [4.78, 5) is 17.4. The van der Waals surface area contributed by atoms with Crippen molar-refractivity contribution in [1.29, 1.82) is 0 Å². The van der Waals surface area contributed by atoms with Crippen LogP contribution < -0.4 is 5.32 Å². The molecular formula is C19H21ClN2O2. The molecule has 1 aromatic carbocycles. The maximum Gasteiger partial charge on any atom is 0.170 e. The van der Waals surface area contributed by atoms with Gasteiger partial charge in [0.15, 0.2) is 5.78 Å². The summed E-state index contributed by atoms with van der Waals surface area (Å²) in [7, 11) is 0. The minimum Gasteiger partial charge on any atom is -0.511 e. The molecule has 0 amide bonds. The van der Waals surface area contributed by atoms with Crippen molar-refractivity contribution in [2.45, 2.75) is 56.5 Å². The van der Waals surface area contributed by atoms with E-state index in [0.29, 0.717) is 35.3 Å². The van der Waals surface area contributed by atoms with Crippen LogP contribution in [0.15, 0.2) is 40.6 Å². The molecule has 1 unspecified atom stereocenters. The quantitative estimate of drug-likeness (QED) is 0.855. The molecule has 5 heteroatoms. The number of aliphatic imine (C=N–C) groups is 1. The number of benzene rings is 1. The molecule has 0 bridgehead atoms. The summed E-state index contributed by atoms with van der Waals surface area (Å²) in [6, 6.07) is 8.10. The van der Waals surface area contributed by atoms with E-state index >= 15 is 0 Å². The molecule has 1 saturated carbocycles. The number of Topliss-reactive ketones (excluding diaryl/α,β-unsaturated/α-hetero) is 1. The van der Waals surface area contributed by atoms with Crippen molar-refractivity contribution >= 4 is 23.2 Å². The fourth-order valence-electron chi connectivity index (χ4n) is 4.08. The Hall–Kier alpha value is -1.81. The summed E-state index contributed by atoms with van der Waals surface area (Å²) < 4.78 is 0. The lowest BCUT2D eigenvalue weighted by atomic mass is 9.82. The van der Waals surface area contributed by atoms with Gasteiger partial charge in [-0.05, 0) is 36.5 Å². The zero-order chi connectivity index (χ0) is 16.7. The van der Waals surface area contributed by atoms with E-state index in [1.807, 2.05) is 24.3 Å². The first-order valence-corrected chi connectivity index (χ1v) is 9.05. The van der Waals surface area contributed by atoms with Gasteiger partial charge in [-0.2, -0.15) is 0 Å². The Morgan fingerprint density at radius 1 is 1.12 bits per heavy atom. The number of aliphatic hydroxyl groups excluding tert-OH is 1. The van der Waals surface area contributed by atoms with Gasteiger partial charge in [-0.15, -0.1) is 0 Å². The first kappa shape index (κ1) is 15.7. The monoisotopic (exact) mass is 344 g/mol. The fraction of sp³-hybridized carbons (Fsp3) is 0.474. The highest BCUT2D eigenvalue weighted by Crippen LogP contribution is 2.36. The smallest absolute Gasteiger partial charge is 0.170 e. The molecule has 126 valence electrons. The Morgan fingerprint density at radius 2 is 1.88 bits per heavy atom. The van der Waals surface area contributed by atoms with Crippen LogP contribution in [0.1, 0.15) is 50.0 Å². The van der Waals surface area contributed by atoms with Gasteiger partial charge in [0, 0.05) is 23.9 Å². The Bertz CT molecular complexity index is 723. The molecular weight excluding hydrogens is 324 g/mol. The second-order valence-electron chi connectivity index (χ2n) is 6.98. The van der Waals surface area contributed by atoms with Crippen LogP contribution in [0, 0.1) is 0 Å². The van der Waals surface area contributed by atoms with Crippen LogP contribution in [0.25, 0.3) is 0 Å². The molecule has 4 nitrogen and oxygen atoms in total. The molecule has 1 heterocycles. The average Bonchev–Trinajstić information content (AvgIpc) is 2.98. The van der Waals surface area contributed by atoms with E-state index < -0.39 is 0 Å². The average molecular weight is 345 g/mol. The van der Waals surface area contributed by atoms with Crippen molar-refractivity contribution in [3.8, 4) is 0 Å². The van der Waals surface area contributed by atoms with E-state index in [1.165, 1.54) is 12.8 Å². The van der Waals surface area contributed by atoms with Gasteiger partial charge < -0.3 is 10.4 Å². The van der Waals surface area contributed by atoms with Crippen molar-refractivity contribution in [3.63, 3.8) is 0 Å². The third-order valence-corrected chi connectivity index (χ3v) is 5.62. The van der Waals surface area contributed by atoms with Crippen molar-refractivity contribution in [2.24, 2.45) is 4.99 Å². The fourth-order valence-corrected chi connectivity index (χ4v) is 4.21. The summed E-state index contributed by atoms with van der Waals surface area (Å²) in [5.41, 5.74) is 1.45. The maximum atomic E-state index is 12.7. The number of rotatable bonds is 2. The molecule has 0 aromatic heterocycles. The van der Waals surface area contributed by atoms with Crippen LogP contribution in [-0.2, 0) is 4.79 Å². The SMILES string of the molecule is O=C1CC(c2ccc(Cl)cc2)CC(O)=C1C1=N[C@H]2CCCC[C@@H]2N1. The van der Waals surface area contributed by atoms with E-state index in [9.17, 15) is 9.90 Å². The van der Waals surface area contributed by atoms with Gasteiger partial charge in [-0.1, -0.05) is 36.6 Å². The minimum atomic E-state index is -0.0244. The zero-order valence-corrected chi connectivity index (χ0v) is 14.2. The van der Waals surface area contributed by atoms with Crippen molar-refractivity contribution in [1.82, 2.24) is 5.32 Å². The standard InChI is InChI=1S/C19H21ClN2O2/c20-13-7-5-11(6-8-13)12-9-16(23)18(17(24)10-12)19-21-14-3-1-2-4-15(14)22-19/h5-8,12,14-15,23H,1-4,9-10H2,(H,21,22)/t12?,14-,15-/m0/s1. The van der Waals surface area contributed by atoms with Gasteiger partial charge >= 0.3 is 0 Å². The highest BCUT2D eigenvalue weighted by molar-refractivity contribution is 6.30. The van der Waals surface area contributed by atoms with E-state index in [4.69, 9.17) is 16.6 Å². The van der Waals surface area contributed by atoms with E-state index in [1.54, 1.807) is 0 Å². The summed E-state index contributed by atoms with van der Waals surface area (Å²) in [6.45, 7) is 0. The molecule has 0 radical (unpaired) electrons. The Balaban J connectivity index is 1.57. The second-order valence-corrected chi connectivity index (χ2v) is 7.42. The van der Waals surface area contributed by atoms with Crippen LogP contribution in [0.5, 0.6) is 0 Å². The number of nitrogens with one attached hydrogen (secondary N) is 1. The van der Waals surface area contributed by atoms with Gasteiger partial charge in [0.2, 0.25) is 0 Å². The summed E-state index contributed by atoms with van der Waals surface area (Å²) in [6.07, 6.45) is 5.42. The van der Waals surface area contributed by atoms with Gasteiger partial charge in [-0.25, -0.2) is 0 Å². The largest absolute Gasteiger partial charge is 0.511 e. The van der Waals surface area contributed by atoms with Gasteiger partial charge in [0.25, 0.3) is 0 Å². The Labute approximate surface area is 146 Å². The van der Waals surface area contributed by atoms with Crippen LogP contribution in [0.3, 0.4) is 0 Å². The van der Waals surface area contributed by atoms with Crippen LogP contribution >= 0.6 is 11.6 Å². The number of fused-ring (bicyclic) bond motifs is 1. The lowest BCUT2D eigenvalue weighted by molar-refractivity contribution is -0.116. The van der Waals surface area contributed by atoms with E-state index in [-0.39, 0.29) is 23.5 Å². The van der Waals surface area contributed by atoms with Crippen molar-refractivity contribution in [3.05, 3.63) is 46.2 Å². The molecule has 24 heavy (non-hydrogen) atoms. The summed E-state index contributed by atoms with van der Waals surface area (Å²) >= 11 is 5.93. The molecule has 1 fully saturated rings. The number of ketones is 1. The highest BCUT2D eigenvalue weighted by atomic mass is 35.5. The van der Waals surface area contributed by atoms with E-state index in [0.717, 1.165) is 18.4 Å². The van der Waals surface area contributed by atoms with E-state index in [2.05, 4.69) is 5.32 Å². The Morgan fingerprint density at radius 3 is 2.58 bits per heavy atom. The number of hydrogen-bond donors (Lipinski definition) is 2. The summed E-state index contributed by atoms with van der Waals surface area (Å²) in [5, 5.41) is 14.6. The second kappa shape index (κ2) is 6.25. The van der Waals surface area contributed by atoms with Crippen molar-refractivity contribution < 1.29 is 9.90 Å². The predicted molar refractivity (Wildman–Crippen MR) is 94.7 cm³/mol. The molecule has 3 atom stereocenters. The lowest BCUT2D eigenvalue weighted by Crippen LogP contribution is -2.39. The topological polar surface area (TPSA) is 61.7 Å². The van der Waals surface area contributed by atoms with Crippen LogP contribution in [0.2, 0.25) is 5.02 Å². The zero-order valence-electron chi connectivity index (χ0n) is 13.5. The number of aliphatic hydroxyl groups is 1. The number of nitrogens with zero attached hydrogens (tertiary/aromatic N) is 1.